The first kappa shape index (κ1) is 19.7. The number of sulfonamides is 1. The second kappa shape index (κ2) is 8.17. The number of anilines is 2. The molecular formula is C16H22FN5O3S. The van der Waals surface area contributed by atoms with Crippen molar-refractivity contribution in [1.82, 2.24) is 14.9 Å². The van der Waals surface area contributed by atoms with E-state index in [1.165, 1.54) is 12.1 Å². The van der Waals surface area contributed by atoms with Crippen molar-refractivity contribution in [2.24, 2.45) is 7.05 Å². The number of nitrogens with zero attached hydrogens (tertiary/aromatic N) is 2. The molecule has 2 aromatic rings. The first-order chi connectivity index (χ1) is 12.2. The number of imidazole rings is 1. The van der Waals surface area contributed by atoms with Crippen molar-refractivity contribution in [1.29, 1.82) is 0 Å². The Balaban J connectivity index is 2.13. The van der Waals surface area contributed by atoms with E-state index < -0.39 is 21.9 Å². The summed E-state index contributed by atoms with van der Waals surface area (Å²) < 4.78 is 40.6. The van der Waals surface area contributed by atoms with Crippen LogP contribution in [0.5, 0.6) is 0 Å². The van der Waals surface area contributed by atoms with Crippen molar-refractivity contribution in [3.8, 4) is 0 Å². The van der Waals surface area contributed by atoms with Crippen LogP contribution in [0.4, 0.5) is 20.6 Å². The van der Waals surface area contributed by atoms with Gasteiger partial charge in [-0.15, -0.1) is 0 Å². The highest BCUT2D eigenvalue weighted by atomic mass is 32.2. The predicted molar refractivity (Wildman–Crippen MR) is 97.9 cm³/mol. The molecule has 1 heterocycles. The zero-order chi connectivity index (χ0) is 19.3. The molecule has 0 spiro atoms. The zero-order valence-electron chi connectivity index (χ0n) is 14.8. The first-order valence-electron chi connectivity index (χ1n) is 8.01. The first-order valence-corrected chi connectivity index (χ1v) is 9.91. The molecule has 26 heavy (non-hydrogen) atoms. The van der Waals surface area contributed by atoms with Crippen LogP contribution in [0.2, 0.25) is 0 Å². The molecule has 0 bridgehead atoms. The van der Waals surface area contributed by atoms with E-state index in [4.69, 9.17) is 0 Å². The molecule has 1 unspecified atom stereocenters. The maximum atomic E-state index is 13.9. The van der Waals surface area contributed by atoms with E-state index in [0.29, 0.717) is 12.2 Å². The Morgan fingerprint density at radius 1 is 1.38 bits per heavy atom. The van der Waals surface area contributed by atoms with Crippen LogP contribution in [-0.2, 0) is 17.1 Å². The third-order valence-corrected chi connectivity index (χ3v) is 4.18. The van der Waals surface area contributed by atoms with Gasteiger partial charge in [0.1, 0.15) is 11.6 Å². The molecule has 2 amide bonds. The minimum atomic E-state index is -3.51. The molecule has 1 aromatic heterocycles. The lowest BCUT2D eigenvalue weighted by Gasteiger charge is -2.18. The van der Waals surface area contributed by atoms with Crippen LogP contribution in [0.3, 0.4) is 0 Å². The molecular weight excluding hydrogens is 361 g/mol. The van der Waals surface area contributed by atoms with Gasteiger partial charge < -0.3 is 15.2 Å². The van der Waals surface area contributed by atoms with Crippen LogP contribution >= 0.6 is 0 Å². The van der Waals surface area contributed by atoms with Gasteiger partial charge in [0.2, 0.25) is 10.0 Å². The topological polar surface area (TPSA) is 105 Å². The number of carbonyl (C=O) groups excluding carboxylic acids is 1. The van der Waals surface area contributed by atoms with Crippen LogP contribution in [0.15, 0.2) is 30.6 Å². The van der Waals surface area contributed by atoms with Crippen molar-refractivity contribution in [3.63, 3.8) is 0 Å². The van der Waals surface area contributed by atoms with Gasteiger partial charge >= 0.3 is 6.03 Å². The normalized spacial score (nSPS) is 12.5. The summed E-state index contributed by atoms with van der Waals surface area (Å²) in [6.07, 6.45) is 5.88. The number of urea groups is 1. The summed E-state index contributed by atoms with van der Waals surface area (Å²) in [6.45, 7) is 1.98. The quantitative estimate of drug-likeness (QED) is 0.683. The predicted octanol–water partition coefficient (Wildman–Crippen LogP) is 2.59. The fourth-order valence-corrected chi connectivity index (χ4v) is 3.04. The lowest BCUT2D eigenvalue weighted by molar-refractivity contribution is 0.247. The molecule has 0 saturated heterocycles. The molecule has 8 nitrogen and oxygen atoms in total. The fraction of sp³-hybridized carbons (Fsp3) is 0.375. The van der Waals surface area contributed by atoms with Gasteiger partial charge in [-0.05, 0) is 24.6 Å². The summed E-state index contributed by atoms with van der Waals surface area (Å²) in [5.74, 6) is 0.0122. The number of hydrogen-bond acceptors (Lipinski definition) is 4. The second-order valence-corrected chi connectivity index (χ2v) is 7.65. The Kier molecular flexibility index (Phi) is 6.19. The van der Waals surface area contributed by atoms with E-state index in [-0.39, 0.29) is 17.4 Å². The molecule has 0 aliphatic carbocycles. The van der Waals surface area contributed by atoms with E-state index in [9.17, 15) is 17.6 Å². The summed E-state index contributed by atoms with van der Waals surface area (Å²) >= 11 is 0. The standard InChI is InChI=1S/C16H22FN5O3S/c1-4-5-13(15-18-8-9-22(15)2)19-16(23)20-14-10-11(6-7-12(14)17)21-26(3,24)25/h6-10,13,21H,4-5H2,1-3H3,(H2,19,20,23). The largest absolute Gasteiger partial charge is 0.336 e. The van der Waals surface area contributed by atoms with Gasteiger partial charge in [0.15, 0.2) is 0 Å². The Hall–Kier alpha value is -2.62. The third kappa shape index (κ3) is 5.45. The van der Waals surface area contributed by atoms with Gasteiger partial charge in [0.05, 0.1) is 23.7 Å². The molecule has 0 aliphatic heterocycles. The highest BCUT2D eigenvalue weighted by Gasteiger charge is 2.18. The van der Waals surface area contributed by atoms with Gasteiger partial charge in [-0.25, -0.2) is 22.6 Å². The van der Waals surface area contributed by atoms with Crippen molar-refractivity contribution < 1.29 is 17.6 Å². The van der Waals surface area contributed by atoms with E-state index in [0.717, 1.165) is 18.7 Å². The highest BCUT2D eigenvalue weighted by molar-refractivity contribution is 7.92. The summed E-state index contributed by atoms with van der Waals surface area (Å²) in [4.78, 5) is 16.5. The molecule has 1 aromatic carbocycles. The van der Waals surface area contributed by atoms with Gasteiger partial charge in [0, 0.05) is 19.4 Å². The maximum Gasteiger partial charge on any atom is 0.319 e. The van der Waals surface area contributed by atoms with Crippen molar-refractivity contribution in [3.05, 3.63) is 42.2 Å². The Bertz CT molecular complexity index is 882. The summed E-state index contributed by atoms with van der Waals surface area (Å²) in [6, 6.07) is 2.62. The molecule has 0 aliphatic rings. The smallest absolute Gasteiger partial charge is 0.319 e. The van der Waals surface area contributed by atoms with E-state index in [1.807, 2.05) is 14.0 Å². The number of aryl methyl sites for hydroxylation is 1. The third-order valence-electron chi connectivity index (χ3n) is 3.57. The number of nitrogens with one attached hydrogen (secondary N) is 3. The zero-order valence-corrected chi connectivity index (χ0v) is 15.6. The Labute approximate surface area is 151 Å². The number of hydrogen-bond donors (Lipinski definition) is 3. The number of halogens is 1. The molecule has 2 rings (SSSR count). The van der Waals surface area contributed by atoms with Crippen LogP contribution in [-0.4, -0.2) is 30.3 Å². The monoisotopic (exact) mass is 383 g/mol. The maximum absolute atomic E-state index is 13.9. The summed E-state index contributed by atoms with van der Waals surface area (Å²) in [5.41, 5.74) is 0.0182. The molecule has 1 atom stereocenters. The van der Waals surface area contributed by atoms with Crippen LogP contribution in [0, 0.1) is 5.82 Å². The summed E-state index contributed by atoms with van der Waals surface area (Å²) in [5, 5.41) is 5.18. The number of aromatic nitrogens is 2. The van der Waals surface area contributed by atoms with Crippen molar-refractivity contribution >= 4 is 27.4 Å². The SMILES string of the molecule is CCCC(NC(=O)Nc1cc(NS(C)(=O)=O)ccc1F)c1nccn1C. The van der Waals surface area contributed by atoms with Gasteiger partial charge in [-0.2, -0.15) is 0 Å². The van der Waals surface area contributed by atoms with Crippen LogP contribution in [0.1, 0.15) is 31.6 Å². The number of benzene rings is 1. The molecule has 0 saturated carbocycles. The molecule has 3 N–H and O–H groups in total. The molecule has 142 valence electrons. The fourth-order valence-electron chi connectivity index (χ4n) is 2.48. The van der Waals surface area contributed by atoms with Crippen molar-refractivity contribution in [2.75, 3.05) is 16.3 Å². The van der Waals surface area contributed by atoms with Gasteiger partial charge in [0.25, 0.3) is 0 Å². The average Bonchev–Trinajstić information content (AvgIpc) is 2.95. The summed E-state index contributed by atoms with van der Waals surface area (Å²) in [7, 11) is -1.68. The minimum Gasteiger partial charge on any atom is -0.336 e. The molecule has 0 fully saturated rings. The average molecular weight is 383 g/mol. The van der Waals surface area contributed by atoms with Crippen LogP contribution in [0.25, 0.3) is 0 Å². The highest BCUT2D eigenvalue weighted by Crippen LogP contribution is 2.21. The Morgan fingerprint density at radius 3 is 2.69 bits per heavy atom. The lowest BCUT2D eigenvalue weighted by Crippen LogP contribution is -2.34. The lowest BCUT2D eigenvalue weighted by atomic mass is 10.1. The van der Waals surface area contributed by atoms with E-state index >= 15 is 0 Å². The van der Waals surface area contributed by atoms with E-state index in [1.54, 1.807) is 17.0 Å². The Morgan fingerprint density at radius 2 is 2.12 bits per heavy atom. The van der Waals surface area contributed by atoms with Gasteiger partial charge in [-0.1, -0.05) is 13.3 Å². The molecule has 10 heteroatoms. The van der Waals surface area contributed by atoms with E-state index in [2.05, 4.69) is 20.3 Å². The van der Waals surface area contributed by atoms with Crippen LogP contribution < -0.4 is 15.4 Å². The van der Waals surface area contributed by atoms with Crippen molar-refractivity contribution in [2.45, 2.75) is 25.8 Å². The van der Waals surface area contributed by atoms with Gasteiger partial charge in [-0.3, -0.25) is 4.72 Å². The molecule has 0 radical (unpaired) electrons. The number of carbonyl (C=O) groups is 1. The number of amides is 2. The minimum absolute atomic E-state index is 0.133. The number of rotatable bonds is 7. The second-order valence-electron chi connectivity index (χ2n) is 5.90.